The SMILES string of the molecule is COc1cccc(-c2cccc3cc4ccc5cc6cc7ccccc7cc6cc5c4cc23)c1O. The Hall–Kier alpha value is -4.56. The van der Waals surface area contributed by atoms with Gasteiger partial charge in [-0.2, -0.15) is 0 Å². The number of para-hydroxylation sites is 1. The first-order chi connectivity index (χ1) is 17.2. The van der Waals surface area contributed by atoms with Crippen molar-refractivity contribution in [2.75, 3.05) is 7.11 Å². The first-order valence-electron chi connectivity index (χ1n) is 11.8. The van der Waals surface area contributed by atoms with E-state index in [0.717, 1.165) is 21.9 Å². The number of methoxy groups -OCH3 is 1. The van der Waals surface area contributed by atoms with Crippen LogP contribution in [0, 0.1) is 0 Å². The van der Waals surface area contributed by atoms with E-state index < -0.39 is 0 Å². The zero-order valence-electron chi connectivity index (χ0n) is 19.2. The molecule has 35 heavy (non-hydrogen) atoms. The Morgan fingerprint density at radius 2 is 1.00 bits per heavy atom. The summed E-state index contributed by atoms with van der Waals surface area (Å²) in [6.45, 7) is 0. The molecule has 2 nitrogen and oxygen atoms in total. The third-order valence-corrected chi connectivity index (χ3v) is 7.17. The molecular weight excluding hydrogens is 428 g/mol. The zero-order valence-corrected chi connectivity index (χ0v) is 19.2. The molecule has 7 aromatic rings. The third kappa shape index (κ3) is 3.04. The Morgan fingerprint density at radius 1 is 0.457 bits per heavy atom. The van der Waals surface area contributed by atoms with Crippen molar-refractivity contribution in [2.24, 2.45) is 0 Å². The second-order valence-corrected chi connectivity index (χ2v) is 9.14. The van der Waals surface area contributed by atoms with Crippen molar-refractivity contribution in [3.8, 4) is 22.6 Å². The fourth-order valence-corrected chi connectivity index (χ4v) is 5.41. The van der Waals surface area contributed by atoms with Crippen LogP contribution in [0.2, 0.25) is 0 Å². The molecule has 0 unspecified atom stereocenters. The highest BCUT2D eigenvalue weighted by Gasteiger charge is 2.13. The molecule has 0 bridgehead atoms. The van der Waals surface area contributed by atoms with Gasteiger partial charge in [0.2, 0.25) is 0 Å². The normalized spacial score (nSPS) is 11.7. The van der Waals surface area contributed by atoms with Crippen LogP contribution < -0.4 is 4.74 Å². The maximum absolute atomic E-state index is 10.9. The number of hydrogen-bond acceptors (Lipinski definition) is 2. The number of rotatable bonds is 2. The van der Waals surface area contributed by atoms with E-state index in [1.54, 1.807) is 13.2 Å². The Bertz CT molecular complexity index is 1950. The number of phenols is 1. The number of benzene rings is 7. The van der Waals surface area contributed by atoms with E-state index in [4.69, 9.17) is 4.74 Å². The number of fused-ring (bicyclic) bond motifs is 6. The molecule has 0 aliphatic carbocycles. The van der Waals surface area contributed by atoms with E-state index in [0.29, 0.717) is 5.75 Å². The van der Waals surface area contributed by atoms with E-state index in [9.17, 15) is 5.11 Å². The highest BCUT2D eigenvalue weighted by Crippen LogP contribution is 2.41. The lowest BCUT2D eigenvalue weighted by Gasteiger charge is -2.13. The molecule has 0 fully saturated rings. The Balaban J connectivity index is 1.55. The molecule has 1 N–H and O–H groups in total. The topological polar surface area (TPSA) is 29.5 Å². The molecular formula is C33H22O2. The van der Waals surface area contributed by atoms with Gasteiger partial charge in [-0.1, -0.05) is 66.7 Å². The minimum Gasteiger partial charge on any atom is -0.504 e. The predicted molar refractivity (Wildman–Crippen MR) is 148 cm³/mol. The molecule has 0 saturated heterocycles. The first kappa shape index (κ1) is 19.9. The number of aromatic hydroxyl groups is 1. The van der Waals surface area contributed by atoms with Crippen LogP contribution >= 0.6 is 0 Å². The molecule has 0 amide bonds. The lowest BCUT2D eigenvalue weighted by atomic mass is 9.92. The molecule has 7 aromatic carbocycles. The summed E-state index contributed by atoms with van der Waals surface area (Å²) in [4.78, 5) is 0. The van der Waals surface area contributed by atoms with Crippen LogP contribution in [0.3, 0.4) is 0 Å². The largest absolute Gasteiger partial charge is 0.504 e. The Morgan fingerprint density at radius 3 is 1.74 bits per heavy atom. The molecule has 0 atom stereocenters. The van der Waals surface area contributed by atoms with Crippen LogP contribution in [0.4, 0.5) is 0 Å². The summed E-state index contributed by atoms with van der Waals surface area (Å²) in [5.74, 6) is 0.642. The first-order valence-corrected chi connectivity index (χ1v) is 11.8. The third-order valence-electron chi connectivity index (χ3n) is 7.17. The van der Waals surface area contributed by atoms with E-state index in [2.05, 4.69) is 84.9 Å². The summed E-state index contributed by atoms with van der Waals surface area (Å²) in [5, 5.41) is 23.0. The monoisotopic (exact) mass is 450 g/mol. The Kier molecular flexibility index (Phi) is 4.24. The van der Waals surface area contributed by atoms with Crippen molar-refractivity contribution >= 4 is 53.9 Å². The van der Waals surface area contributed by atoms with Gasteiger partial charge in [0.05, 0.1) is 7.11 Å². The smallest absolute Gasteiger partial charge is 0.165 e. The zero-order chi connectivity index (χ0) is 23.5. The second kappa shape index (κ2) is 7.48. The average molecular weight is 451 g/mol. The van der Waals surface area contributed by atoms with Crippen LogP contribution in [-0.2, 0) is 0 Å². The fourth-order valence-electron chi connectivity index (χ4n) is 5.41. The van der Waals surface area contributed by atoms with Gasteiger partial charge in [-0.3, -0.25) is 0 Å². The summed E-state index contributed by atoms with van der Waals surface area (Å²) in [7, 11) is 1.58. The fraction of sp³-hybridized carbons (Fsp3) is 0.0303. The average Bonchev–Trinajstić information content (AvgIpc) is 2.89. The van der Waals surface area contributed by atoms with Gasteiger partial charge in [-0.05, 0) is 102 Å². The quantitative estimate of drug-likeness (QED) is 0.211. The lowest BCUT2D eigenvalue weighted by molar-refractivity contribution is 0.374. The van der Waals surface area contributed by atoms with Crippen molar-refractivity contribution in [2.45, 2.75) is 0 Å². The molecule has 0 saturated carbocycles. The van der Waals surface area contributed by atoms with Crippen LogP contribution in [0.1, 0.15) is 0 Å². The molecule has 0 aliphatic rings. The van der Waals surface area contributed by atoms with E-state index in [1.165, 1.54) is 43.1 Å². The predicted octanol–water partition coefficient (Wildman–Crippen LogP) is 8.83. The summed E-state index contributed by atoms with van der Waals surface area (Å²) in [6, 6.07) is 38.5. The van der Waals surface area contributed by atoms with E-state index in [-0.39, 0.29) is 5.75 Å². The molecule has 0 aliphatic heterocycles. The molecule has 0 aromatic heterocycles. The summed E-state index contributed by atoms with van der Waals surface area (Å²) < 4.78 is 5.37. The van der Waals surface area contributed by atoms with Crippen LogP contribution in [0.5, 0.6) is 11.5 Å². The van der Waals surface area contributed by atoms with E-state index >= 15 is 0 Å². The van der Waals surface area contributed by atoms with Gasteiger partial charge in [-0.15, -0.1) is 0 Å². The molecule has 166 valence electrons. The van der Waals surface area contributed by atoms with Crippen molar-refractivity contribution in [1.82, 2.24) is 0 Å². The number of ether oxygens (including phenoxy) is 1. The minimum absolute atomic E-state index is 0.165. The van der Waals surface area contributed by atoms with Gasteiger partial charge in [0.25, 0.3) is 0 Å². The summed E-state index contributed by atoms with van der Waals surface area (Å²) in [5.41, 5.74) is 1.76. The van der Waals surface area contributed by atoms with Crippen LogP contribution in [0.25, 0.3) is 65.0 Å². The van der Waals surface area contributed by atoms with Crippen LogP contribution in [-0.4, -0.2) is 12.2 Å². The molecule has 0 heterocycles. The van der Waals surface area contributed by atoms with Gasteiger partial charge in [-0.25, -0.2) is 0 Å². The van der Waals surface area contributed by atoms with Crippen molar-refractivity contribution < 1.29 is 9.84 Å². The van der Waals surface area contributed by atoms with Gasteiger partial charge < -0.3 is 9.84 Å². The minimum atomic E-state index is 0.165. The van der Waals surface area contributed by atoms with E-state index in [1.807, 2.05) is 18.2 Å². The molecule has 7 rings (SSSR count). The lowest BCUT2D eigenvalue weighted by Crippen LogP contribution is -1.88. The van der Waals surface area contributed by atoms with Crippen molar-refractivity contribution in [3.05, 3.63) is 109 Å². The van der Waals surface area contributed by atoms with Gasteiger partial charge in [0.15, 0.2) is 11.5 Å². The van der Waals surface area contributed by atoms with Gasteiger partial charge in [0.1, 0.15) is 0 Å². The van der Waals surface area contributed by atoms with Gasteiger partial charge >= 0.3 is 0 Å². The highest BCUT2D eigenvalue weighted by atomic mass is 16.5. The summed E-state index contributed by atoms with van der Waals surface area (Å²) >= 11 is 0. The number of phenolic OH excluding ortho intramolecular Hbond substituents is 1. The molecule has 0 radical (unpaired) electrons. The number of hydrogen-bond donors (Lipinski definition) is 1. The molecule has 2 heteroatoms. The van der Waals surface area contributed by atoms with Crippen LogP contribution in [0.15, 0.2) is 109 Å². The van der Waals surface area contributed by atoms with Crippen molar-refractivity contribution in [3.63, 3.8) is 0 Å². The van der Waals surface area contributed by atoms with Crippen molar-refractivity contribution in [1.29, 1.82) is 0 Å². The van der Waals surface area contributed by atoms with Gasteiger partial charge in [0, 0.05) is 5.56 Å². The summed E-state index contributed by atoms with van der Waals surface area (Å²) in [6.07, 6.45) is 0. The maximum Gasteiger partial charge on any atom is 0.165 e. The highest BCUT2D eigenvalue weighted by molar-refractivity contribution is 6.17. The maximum atomic E-state index is 10.9. The standard InChI is InChI=1S/C33H22O2/c1-35-32-11-5-10-28(33(32)34)27-9-4-8-22-16-23-12-13-24-17-25-14-20-6-2-3-7-21(20)15-26(25)18-29(24)31(23)19-30(22)27/h2-19,34H,1H3. The Labute approximate surface area is 202 Å². The second-order valence-electron chi connectivity index (χ2n) is 9.14. The molecule has 0 spiro atoms.